The predicted octanol–water partition coefficient (Wildman–Crippen LogP) is 3.14. The molecule has 1 saturated carbocycles. The fraction of sp³-hybridized carbons (Fsp3) is 0.375. The predicted molar refractivity (Wildman–Crippen MR) is 83.9 cm³/mol. The van der Waals surface area contributed by atoms with Crippen LogP contribution in [0.3, 0.4) is 0 Å². The van der Waals surface area contributed by atoms with Crippen LogP contribution in [0.15, 0.2) is 33.9 Å². The Hall–Kier alpha value is -1.81. The van der Waals surface area contributed by atoms with Gasteiger partial charge in [0.25, 0.3) is 5.56 Å². The van der Waals surface area contributed by atoms with Gasteiger partial charge in [-0.25, -0.2) is 4.79 Å². The number of hydrogen-bond acceptors (Lipinski definition) is 2. The van der Waals surface area contributed by atoms with Crippen LogP contribution in [0.1, 0.15) is 31.4 Å². The number of nitrogens with one attached hydrogen (secondary N) is 1. The molecule has 0 spiro atoms. The van der Waals surface area contributed by atoms with E-state index in [4.69, 9.17) is 11.6 Å². The van der Waals surface area contributed by atoms with Crippen LogP contribution in [0.25, 0.3) is 11.1 Å². The lowest BCUT2D eigenvalue weighted by atomic mass is 10.1. The minimum atomic E-state index is -0.414. The fourth-order valence-electron chi connectivity index (χ4n) is 2.86. The molecule has 0 aliphatic heterocycles. The van der Waals surface area contributed by atoms with Gasteiger partial charge in [0.05, 0.1) is 5.56 Å². The third-order valence-corrected chi connectivity index (χ3v) is 4.42. The van der Waals surface area contributed by atoms with Crippen molar-refractivity contribution in [1.82, 2.24) is 9.55 Å². The van der Waals surface area contributed by atoms with E-state index in [1.54, 1.807) is 0 Å². The molecule has 1 aromatic heterocycles. The fourth-order valence-corrected chi connectivity index (χ4v) is 3.13. The summed E-state index contributed by atoms with van der Waals surface area (Å²) in [5, 5.41) is 0.112. The first-order valence-electron chi connectivity index (χ1n) is 7.14. The average Bonchev–Trinajstić information content (AvgIpc) is 3.17. The summed E-state index contributed by atoms with van der Waals surface area (Å²) in [6.07, 6.45) is 1.85. The Morgan fingerprint density at radius 1 is 1.38 bits per heavy atom. The molecule has 0 amide bonds. The summed E-state index contributed by atoms with van der Waals surface area (Å²) in [4.78, 5) is 27.4. The molecule has 0 radical (unpaired) electrons. The quantitative estimate of drug-likeness (QED) is 0.886. The molecule has 2 unspecified atom stereocenters. The van der Waals surface area contributed by atoms with Crippen LogP contribution in [-0.4, -0.2) is 9.55 Å². The van der Waals surface area contributed by atoms with E-state index in [9.17, 15) is 9.59 Å². The maximum absolute atomic E-state index is 12.7. The topological polar surface area (TPSA) is 54.9 Å². The molecule has 1 fully saturated rings. The molecule has 1 aliphatic rings. The molecule has 21 heavy (non-hydrogen) atoms. The van der Waals surface area contributed by atoms with Crippen LogP contribution < -0.4 is 11.2 Å². The van der Waals surface area contributed by atoms with E-state index in [-0.39, 0.29) is 16.8 Å². The maximum Gasteiger partial charge on any atom is 0.329 e. The van der Waals surface area contributed by atoms with Gasteiger partial charge in [0.1, 0.15) is 5.15 Å². The van der Waals surface area contributed by atoms with Crippen LogP contribution in [0.5, 0.6) is 0 Å². The number of hydrogen-bond donors (Lipinski definition) is 1. The minimum absolute atomic E-state index is 0.00655. The van der Waals surface area contributed by atoms with Crippen LogP contribution in [0.2, 0.25) is 5.15 Å². The van der Waals surface area contributed by atoms with Gasteiger partial charge in [0, 0.05) is 6.04 Å². The molecule has 5 heteroatoms. The minimum Gasteiger partial charge on any atom is -0.297 e. The van der Waals surface area contributed by atoms with E-state index in [1.165, 1.54) is 4.57 Å². The summed E-state index contributed by atoms with van der Waals surface area (Å²) in [6, 6.07) is 7.57. The first-order valence-corrected chi connectivity index (χ1v) is 7.52. The number of aryl methyl sites for hydroxylation is 1. The van der Waals surface area contributed by atoms with Crippen molar-refractivity contribution in [1.29, 1.82) is 0 Å². The van der Waals surface area contributed by atoms with Gasteiger partial charge < -0.3 is 0 Å². The zero-order chi connectivity index (χ0) is 15.1. The van der Waals surface area contributed by atoms with Crippen molar-refractivity contribution in [3.05, 3.63) is 55.8 Å². The molecule has 1 aliphatic carbocycles. The molecule has 0 saturated heterocycles. The third kappa shape index (κ3) is 2.44. The van der Waals surface area contributed by atoms with Gasteiger partial charge in [-0.2, -0.15) is 0 Å². The number of halogens is 1. The van der Waals surface area contributed by atoms with E-state index in [1.807, 2.05) is 31.2 Å². The summed E-state index contributed by atoms with van der Waals surface area (Å²) in [7, 11) is 0. The van der Waals surface area contributed by atoms with Crippen LogP contribution in [0.4, 0.5) is 0 Å². The molecule has 1 aromatic carbocycles. The van der Waals surface area contributed by atoms with E-state index < -0.39 is 5.69 Å². The lowest BCUT2D eigenvalue weighted by Gasteiger charge is -2.09. The Kier molecular flexibility index (Phi) is 3.49. The number of aromatic nitrogens is 2. The van der Waals surface area contributed by atoms with E-state index in [0.717, 1.165) is 24.0 Å². The lowest BCUT2D eigenvalue weighted by Crippen LogP contribution is -2.36. The van der Waals surface area contributed by atoms with Gasteiger partial charge in [-0.3, -0.25) is 14.3 Å². The summed E-state index contributed by atoms with van der Waals surface area (Å²) < 4.78 is 1.33. The summed E-state index contributed by atoms with van der Waals surface area (Å²) in [5.41, 5.74) is 1.45. The van der Waals surface area contributed by atoms with Crippen molar-refractivity contribution in [3.63, 3.8) is 0 Å². The molecule has 1 heterocycles. The van der Waals surface area contributed by atoms with Crippen molar-refractivity contribution in [3.8, 4) is 11.1 Å². The first-order chi connectivity index (χ1) is 10.0. The summed E-state index contributed by atoms with van der Waals surface area (Å²) in [5.74, 6) is 0.412. The van der Waals surface area contributed by atoms with Crippen LogP contribution in [-0.2, 0) is 0 Å². The zero-order valence-electron chi connectivity index (χ0n) is 12.0. The second-order valence-electron chi connectivity index (χ2n) is 5.64. The highest BCUT2D eigenvalue weighted by molar-refractivity contribution is 6.32. The monoisotopic (exact) mass is 304 g/mol. The molecule has 1 N–H and O–H groups in total. The van der Waals surface area contributed by atoms with Gasteiger partial charge in [0.2, 0.25) is 0 Å². The van der Waals surface area contributed by atoms with Gasteiger partial charge >= 0.3 is 5.69 Å². The second kappa shape index (κ2) is 5.19. The molecule has 2 aromatic rings. The van der Waals surface area contributed by atoms with Gasteiger partial charge in [0.15, 0.2) is 0 Å². The van der Waals surface area contributed by atoms with Crippen molar-refractivity contribution in [2.24, 2.45) is 5.92 Å². The highest BCUT2D eigenvalue weighted by atomic mass is 35.5. The number of H-pyrrole nitrogens is 1. The smallest absolute Gasteiger partial charge is 0.297 e. The number of rotatable bonds is 3. The molecule has 110 valence electrons. The van der Waals surface area contributed by atoms with E-state index in [2.05, 4.69) is 11.9 Å². The van der Waals surface area contributed by atoms with E-state index >= 15 is 0 Å². The van der Waals surface area contributed by atoms with E-state index in [0.29, 0.717) is 11.5 Å². The number of nitrogens with zero attached hydrogens (tertiary/aromatic N) is 1. The van der Waals surface area contributed by atoms with Crippen molar-refractivity contribution < 1.29 is 0 Å². The third-order valence-electron chi connectivity index (χ3n) is 4.14. The SMILES string of the molecule is CCC1CC1n1c(=O)[nH]c(Cl)c(-c2cccc(C)c2)c1=O. The lowest BCUT2D eigenvalue weighted by molar-refractivity contribution is 0.592. The maximum atomic E-state index is 12.7. The standard InChI is InChI=1S/C16H17ClN2O2/c1-3-10-8-12(10)19-15(20)13(14(17)18-16(19)21)11-6-4-5-9(2)7-11/h4-7,10,12H,3,8H2,1-2H3,(H,18,21). The Morgan fingerprint density at radius 2 is 2.14 bits per heavy atom. The highest BCUT2D eigenvalue weighted by Gasteiger charge is 2.39. The molecule has 3 rings (SSSR count). The van der Waals surface area contributed by atoms with Crippen molar-refractivity contribution in [2.45, 2.75) is 32.7 Å². The normalized spacial score (nSPS) is 20.5. The Morgan fingerprint density at radius 3 is 2.76 bits per heavy atom. The van der Waals surface area contributed by atoms with Crippen LogP contribution >= 0.6 is 11.6 Å². The Labute approximate surface area is 127 Å². The van der Waals surface area contributed by atoms with Crippen molar-refractivity contribution in [2.75, 3.05) is 0 Å². The Bertz CT molecular complexity index is 807. The molecule has 0 bridgehead atoms. The Balaban J connectivity index is 2.20. The first kappa shape index (κ1) is 14.1. The number of benzene rings is 1. The summed E-state index contributed by atoms with van der Waals surface area (Å²) >= 11 is 6.12. The molecule has 2 atom stereocenters. The van der Waals surface area contributed by atoms with Crippen molar-refractivity contribution >= 4 is 11.6 Å². The number of aromatic amines is 1. The molecule has 4 nitrogen and oxygen atoms in total. The second-order valence-corrected chi connectivity index (χ2v) is 6.01. The van der Waals surface area contributed by atoms with Gasteiger partial charge in [-0.05, 0) is 24.8 Å². The molecular formula is C16H17ClN2O2. The largest absolute Gasteiger partial charge is 0.329 e. The summed E-state index contributed by atoms with van der Waals surface area (Å²) in [6.45, 7) is 4.02. The zero-order valence-corrected chi connectivity index (χ0v) is 12.8. The van der Waals surface area contributed by atoms with Gasteiger partial charge in [-0.15, -0.1) is 0 Å². The average molecular weight is 305 g/mol. The highest BCUT2D eigenvalue weighted by Crippen LogP contribution is 2.44. The van der Waals surface area contributed by atoms with Gasteiger partial charge in [-0.1, -0.05) is 54.8 Å². The molecular weight excluding hydrogens is 288 g/mol. The van der Waals surface area contributed by atoms with Crippen LogP contribution in [0, 0.1) is 12.8 Å².